The Morgan fingerprint density at radius 3 is 2.46 bits per heavy atom. The number of benzene rings is 1. The van der Waals surface area contributed by atoms with E-state index in [1.165, 1.54) is 23.1 Å². The third-order valence-electron chi connectivity index (χ3n) is 6.90. The van der Waals surface area contributed by atoms with Crippen LogP contribution in [0.4, 0.5) is 18.0 Å². The van der Waals surface area contributed by atoms with Gasteiger partial charge in [-0.1, -0.05) is 5.92 Å². The maximum atomic E-state index is 14.9. The highest BCUT2D eigenvalue weighted by atomic mass is 19.2. The third kappa shape index (κ3) is 5.16. The molecule has 3 heterocycles. The Balaban J connectivity index is 1.56. The monoisotopic (exact) mass is 543 g/mol. The number of likely N-dealkylation sites (tertiary alicyclic amines) is 1. The van der Waals surface area contributed by atoms with Crippen LogP contribution in [-0.2, 0) is 28.7 Å². The summed E-state index contributed by atoms with van der Waals surface area (Å²) in [5, 5.41) is 9.07. The molecule has 0 bridgehead atoms. The Morgan fingerprint density at radius 2 is 1.87 bits per heavy atom. The molecule has 11 heteroatoms. The summed E-state index contributed by atoms with van der Waals surface area (Å²) in [5.41, 5.74) is 0.159. The second-order valence-electron chi connectivity index (χ2n) is 10.9. The van der Waals surface area contributed by atoms with Gasteiger partial charge in [0.2, 0.25) is 6.20 Å². The maximum absolute atomic E-state index is 14.9. The third-order valence-corrected chi connectivity index (χ3v) is 6.90. The summed E-state index contributed by atoms with van der Waals surface area (Å²) in [5.74, 6) is -3.21. The van der Waals surface area contributed by atoms with E-state index in [1.807, 2.05) is 36.5 Å². The van der Waals surface area contributed by atoms with Crippen molar-refractivity contribution in [1.29, 1.82) is 0 Å². The summed E-state index contributed by atoms with van der Waals surface area (Å²) >= 11 is 0. The number of hydrogen-bond donors (Lipinski definition) is 1. The molecule has 2 aliphatic heterocycles. The van der Waals surface area contributed by atoms with Crippen LogP contribution in [0.3, 0.4) is 0 Å². The minimum atomic E-state index is -1.53. The number of aromatic nitrogens is 2. The van der Waals surface area contributed by atoms with E-state index in [0.717, 1.165) is 6.07 Å². The number of hydrogen-bond acceptors (Lipinski definition) is 4. The first kappa shape index (κ1) is 28.0. The van der Waals surface area contributed by atoms with Crippen molar-refractivity contribution in [2.24, 2.45) is 7.05 Å². The second-order valence-corrected chi connectivity index (χ2v) is 10.9. The highest BCUT2D eigenvalue weighted by Gasteiger charge is 2.54. The Bertz CT molecular complexity index is 1460. The van der Waals surface area contributed by atoms with Gasteiger partial charge in [0.15, 0.2) is 28.6 Å². The molecule has 1 aromatic heterocycles. The number of allylic oxidation sites excluding steroid dienone is 3. The van der Waals surface area contributed by atoms with Gasteiger partial charge in [-0.2, -0.15) is 4.68 Å². The molecule has 4 rings (SSSR count). The molecule has 1 spiro atoms. The first-order chi connectivity index (χ1) is 18.2. The van der Waals surface area contributed by atoms with Crippen molar-refractivity contribution in [2.75, 3.05) is 19.6 Å². The molecule has 2 aromatic rings. The number of carboxylic acids is 1. The van der Waals surface area contributed by atoms with Gasteiger partial charge >= 0.3 is 12.1 Å². The zero-order chi connectivity index (χ0) is 28.9. The predicted octanol–water partition coefficient (Wildman–Crippen LogP) is 3.71. The first-order valence-corrected chi connectivity index (χ1v) is 12.2. The largest absolute Gasteiger partial charge is 0.477 e. The molecule has 1 N–H and O–H groups in total. The van der Waals surface area contributed by atoms with Gasteiger partial charge in [0.1, 0.15) is 11.3 Å². The average Bonchev–Trinajstić information content (AvgIpc) is 3.35. The number of carbonyl (C=O) groups excluding carboxylic acids is 1. The predicted molar refractivity (Wildman–Crippen MR) is 135 cm³/mol. The topological polar surface area (TPSA) is 78.9 Å². The van der Waals surface area contributed by atoms with Gasteiger partial charge in [0.05, 0.1) is 19.2 Å². The smallest absolute Gasteiger partial charge is 0.414 e. The van der Waals surface area contributed by atoms with Crippen LogP contribution in [0.5, 0.6) is 0 Å². The van der Waals surface area contributed by atoms with Gasteiger partial charge in [-0.05, 0) is 31.2 Å². The van der Waals surface area contributed by atoms with E-state index in [0.29, 0.717) is 36.6 Å². The summed E-state index contributed by atoms with van der Waals surface area (Å²) in [6, 6.07) is 2.14. The van der Waals surface area contributed by atoms with E-state index >= 15 is 0 Å². The zero-order valence-electron chi connectivity index (χ0n) is 22.4. The number of aliphatic carboxylic acids is 1. The molecular weight excluding hydrogens is 513 g/mol. The molecule has 0 radical (unpaired) electrons. The lowest BCUT2D eigenvalue weighted by molar-refractivity contribution is -0.822. The van der Waals surface area contributed by atoms with Crippen LogP contribution in [0.25, 0.3) is 11.3 Å². The lowest BCUT2D eigenvalue weighted by Crippen LogP contribution is -2.63. The molecule has 8 nitrogen and oxygen atoms in total. The normalized spacial score (nSPS) is 17.8. The van der Waals surface area contributed by atoms with E-state index in [-0.39, 0.29) is 23.2 Å². The van der Waals surface area contributed by atoms with Gasteiger partial charge < -0.3 is 9.84 Å². The van der Waals surface area contributed by atoms with Crippen molar-refractivity contribution < 1.29 is 37.3 Å². The molecule has 2 fully saturated rings. The van der Waals surface area contributed by atoms with E-state index in [4.69, 9.17) is 16.3 Å². The number of carboxylic acid groups (broad SMARTS) is 1. The molecule has 0 aliphatic carbocycles. The Kier molecular flexibility index (Phi) is 7.12. The van der Waals surface area contributed by atoms with Crippen LogP contribution in [0, 0.1) is 29.8 Å². The summed E-state index contributed by atoms with van der Waals surface area (Å²) in [4.78, 5) is 27.1. The quantitative estimate of drug-likeness (QED) is 0.198. The molecule has 2 saturated heterocycles. The van der Waals surface area contributed by atoms with Gasteiger partial charge in [-0.15, -0.1) is 11.1 Å². The van der Waals surface area contributed by atoms with E-state index in [1.54, 1.807) is 18.7 Å². The maximum Gasteiger partial charge on any atom is 0.414 e. The van der Waals surface area contributed by atoms with Gasteiger partial charge in [0.25, 0.3) is 0 Å². The SMILES string of the molecule is C#CC(=CC=C(C)N1CC2(CN(Cc3c[n+](C(C)(C)C)n(C)c3-c3ccc(F)c(F)c3F)C2)OC1=O)C(=O)O. The minimum absolute atomic E-state index is 0.0513. The minimum Gasteiger partial charge on any atom is -0.477 e. The summed E-state index contributed by atoms with van der Waals surface area (Å²) < 4.78 is 52.0. The lowest BCUT2D eigenvalue weighted by atomic mass is 9.93. The lowest BCUT2D eigenvalue weighted by Gasteiger charge is -2.45. The molecule has 39 heavy (non-hydrogen) atoms. The molecule has 0 atom stereocenters. The van der Waals surface area contributed by atoms with Crippen LogP contribution < -0.4 is 4.68 Å². The molecule has 1 aromatic carbocycles. The van der Waals surface area contributed by atoms with Gasteiger partial charge in [-0.3, -0.25) is 9.80 Å². The summed E-state index contributed by atoms with van der Waals surface area (Å²) in [6.07, 6.45) is 9.22. The first-order valence-electron chi connectivity index (χ1n) is 12.2. The van der Waals surface area contributed by atoms with Crippen molar-refractivity contribution in [1.82, 2.24) is 14.5 Å². The highest BCUT2D eigenvalue weighted by molar-refractivity contribution is 5.92. The van der Waals surface area contributed by atoms with Crippen LogP contribution in [-0.4, -0.2) is 56.9 Å². The van der Waals surface area contributed by atoms with Crippen molar-refractivity contribution in [3.63, 3.8) is 0 Å². The second kappa shape index (κ2) is 9.93. The molecule has 1 amide bonds. The number of nitrogens with zero attached hydrogens (tertiary/aromatic N) is 4. The van der Waals surface area contributed by atoms with E-state index in [9.17, 15) is 22.8 Å². The Morgan fingerprint density at radius 1 is 1.21 bits per heavy atom. The van der Waals surface area contributed by atoms with E-state index in [2.05, 4.69) is 5.92 Å². The molecule has 0 saturated carbocycles. The fraction of sp³-hybridized carbons (Fsp3) is 0.393. The van der Waals surface area contributed by atoms with Crippen molar-refractivity contribution in [3.8, 4) is 23.6 Å². The summed E-state index contributed by atoms with van der Waals surface area (Å²) in [7, 11) is 1.73. The number of ether oxygens (including phenoxy) is 1. The van der Waals surface area contributed by atoms with E-state index < -0.39 is 35.1 Å². The van der Waals surface area contributed by atoms with Crippen LogP contribution in [0.15, 0.2) is 41.8 Å². The molecule has 206 valence electrons. The standard InChI is InChI=1S/C28H29F3N4O4/c1-7-18(25(36)37)9-8-17(2)34-16-28(39-26(34)38)14-33(15-28)12-19-13-35(27(3,4)5)32(6)24(19)20-10-11-21(29)23(31)22(20)30/h1,8-11,13H,12,14-16H2,2-6H3/p+1. The molecular formula is C28H30F3N4O4+. The van der Waals surface area contributed by atoms with Crippen LogP contribution in [0.2, 0.25) is 0 Å². The Labute approximate surface area is 224 Å². The molecule has 0 unspecified atom stereocenters. The molecule has 2 aliphatic rings. The summed E-state index contributed by atoms with van der Waals surface area (Å²) in [6.45, 7) is 8.98. The van der Waals surface area contributed by atoms with Crippen LogP contribution in [0.1, 0.15) is 33.3 Å². The number of amides is 1. The number of halogens is 3. The number of carbonyl (C=O) groups is 2. The number of rotatable bonds is 6. The zero-order valence-corrected chi connectivity index (χ0v) is 22.4. The van der Waals surface area contributed by atoms with Crippen molar-refractivity contribution in [3.05, 3.63) is 64.8 Å². The van der Waals surface area contributed by atoms with Crippen LogP contribution >= 0.6 is 0 Å². The van der Waals surface area contributed by atoms with Gasteiger partial charge in [-0.25, -0.2) is 22.8 Å². The highest BCUT2D eigenvalue weighted by Crippen LogP contribution is 2.37. The van der Waals surface area contributed by atoms with Crippen molar-refractivity contribution in [2.45, 2.75) is 45.4 Å². The Hall–Kier alpha value is -4.04. The fourth-order valence-corrected chi connectivity index (χ4v) is 5.08. The average molecular weight is 544 g/mol. The fourth-order valence-electron chi connectivity index (χ4n) is 5.08. The number of terminal acetylenes is 1. The van der Waals surface area contributed by atoms with Crippen molar-refractivity contribution >= 4 is 12.1 Å². The van der Waals surface area contributed by atoms with Gasteiger partial charge in [0, 0.05) is 51.7 Å².